The molecule has 0 radical (unpaired) electrons. The standard InChI is InChI=1S/C18H23NO2/c1-6-19-16(14-8-7-12(2)11-13(14)3)10-9-15(17(19)20)18(4,5)21/h7-11,21H,6H2,1-5H3. The maximum atomic E-state index is 12.6. The maximum Gasteiger partial charge on any atom is 0.257 e. The van der Waals surface area contributed by atoms with Gasteiger partial charge in [-0.15, -0.1) is 0 Å². The normalized spacial score (nSPS) is 11.7. The summed E-state index contributed by atoms with van der Waals surface area (Å²) < 4.78 is 1.73. The summed E-state index contributed by atoms with van der Waals surface area (Å²) in [6.45, 7) is 9.91. The fraction of sp³-hybridized carbons (Fsp3) is 0.389. The van der Waals surface area contributed by atoms with Crippen LogP contribution in [0, 0.1) is 13.8 Å². The Morgan fingerprint density at radius 1 is 1.14 bits per heavy atom. The highest BCUT2D eigenvalue weighted by Gasteiger charge is 2.22. The molecule has 0 bridgehead atoms. The van der Waals surface area contributed by atoms with Crippen LogP contribution in [0.3, 0.4) is 0 Å². The number of rotatable bonds is 3. The van der Waals surface area contributed by atoms with Gasteiger partial charge in [0.2, 0.25) is 0 Å². The summed E-state index contributed by atoms with van der Waals surface area (Å²) in [5.74, 6) is 0. The first-order valence-electron chi connectivity index (χ1n) is 7.30. The highest BCUT2D eigenvalue weighted by molar-refractivity contribution is 5.64. The van der Waals surface area contributed by atoms with Gasteiger partial charge in [-0.1, -0.05) is 23.8 Å². The van der Waals surface area contributed by atoms with Gasteiger partial charge in [-0.3, -0.25) is 4.79 Å². The van der Waals surface area contributed by atoms with Gasteiger partial charge < -0.3 is 9.67 Å². The number of pyridine rings is 1. The van der Waals surface area contributed by atoms with Crippen LogP contribution >= 0.6 is 0 Å². The Hall–Kier alpha value is -1.87. The molecule has 0 amide bonds. The molecule has 1 N–H and O–H groups in total. The second-order valence-corrected chi connectivity index (χ2v) is 6.06. The van der Waals surface area contributed by atoms with E-state index in [4.69, 9.17) is 0 Å². The third kappa shape index (κ3) is 2.93. The summed E-state index contributed by atoms with van der Waals surface area (Å²) >= 11 is 0. The molecule has 0 spiro atoms. The van der Waals surface area contributed by atoms with Crippen molar-refractivity contribution in [2.45, 2.75) is 46.8 Å². The number of hydrogen-bond acceptors (Lipinski definition) is 2. The van der Waals surface area contributed by atoms with Crippen molar-refractivity contribution in [3.05, 3.63) is 57.4 Å². The summed E-state index contributed by atoms with van der Waals surface area (Å²) in [4.78, 5) is 12.6. The van der Waals surface area contributed by atoms with E-state index in [0.29, 0.717) is 12.1 Å². The zero-order valence-corrected chi connectivity index (χ0v) is 13.4. The van der Waals surface area contributed by atoms with Crippen molar-refractivity contribution in [3.8, 4) is 11.3 Å². The predicted octanol–water partition coefficient (Wildman–Crippen LogP) is 3.38. The minimum absolute atomic E-state index is 0.123. The van der Waals surface area contributed by atoms with Crippen LogP contribution in [0.1, 0.15) is 37.5 Å². The van der Waals surface area contributed by atoms with Crippen LogP contribution in [0.25, 0.3) is 11.3 Å². The van der Waals surface area contributed by atoms with Crippen molar-refractivity contribution in [3.63, 3.8) is 0 Å². The molecule has 1 aromatic carbocycles. The van der Waals surface area contributed by atoms with Crippen LogP contribution in [0.4, 0.5) is 0 Å². The molecule has 0 saturated carbocycles. The molecule has 112 valence electrons. The molecule has 0 saturated heterocycles. The summed E-state index contributed by atoms with van der Waals surface area (Å²) in [5, 5.41) is 10.1. The number of aromatic nitrogens is 1. The first kappa shape index (κ1) is 15.5. The zero-order valence-electron chi connectivity index (χ0n) is 13.4. The Morgan fingerprint density at radius 2 is 1.81 bits per heavy atom. The summed E-state index contributed by atoms with van der Waals surface area (Å²) in [6, 6.07) is 9.88. The zero-order chi connectivity index (χ0) is 15.8. The molecule has 0 fully saturated rings. The average Bonchev–Trinajstić information content (AvgIpc) is 2.37. The second kappa shape index (κ2) is 5.49. The van der Waals surface area contributed by atoms with Crippen molar-refractivity contribution >= 4 is 0 Å². The minimum Gasteiger partial charge on any atom is -0.386 e. The molecule has 2 aromatic rings. The third-order valence-corrected chi connectivity index (χ3v) is 3.81. The van der Waals surface area contributed by atoms with Gasteiger partial charge in [0.05, 0.1) is 11.3 Å². The first-order chi connectivity index (χ1) is 9.75. The Morgan fingerprint density at radius 3 is 2.33 bits per heavy atom. The molecule has 1 aromatic heterocycles. The van der Waals surface area contributed by atoms with Crippen molar-refractivity contribution in [2.24, 2.45) is 0 Å². The topological polar surface area (TPSA) is 42.2 Å². The third-order valence-electron chi connectivity index (χ3n) is 3.81. The van der Waals surface area contributed by atoms with Crippen molar-refractivity contribution < 1.29 is 5.11 Å². The Balaban J connectivity index is 2.71. The number of aliphatic hydroxyl groups is 1. The maximum absolute atomic E-state index is 12.6. The molecule has 0 aliphatic carbocycles. The Labute approximate surface area is 125 Å². The summed E-state index contributed by atoms with van der Waals surface area (Å²) in [6.07, 6.45) is 0. The summed E-state index contributed by atoms with van der Waals surface area (Å²) in [5.41, 5.74) is 3.48. The lowest BCUT2D eigenvalue weighted by Crippen LogP contribution is -2.32. The van der Waals surface area contributed by atoms with E-state index in [0.717, 1.165) is 16.8 Å². The van der Waals surface area contributed by atoms with Crippen molar-refractivity contribution in [2.75, 3.05) is 0 Å². The summed E-state index contributed by atoms with van der Waals surface area (Å²) in [7, 11) is 0. The fourth-order valence-electron chi connectivity index (χ4n) is 2.69. The molecule has 0 aliphatic heterocycles. The van der Waals surface area contributed by atoms with E-state index in [1.54, 1.807) is 24.5 Å². The van der Waals surface area contributed by atoms with E-state index in [2.05, 4.69) is 32.0 Å². The molecule has 0 aliphatic rings. The molecule has 0 atom stereocenters. The quantitative estimate of drug-likeness (QED) is 0.939. The van der Waals surface area contributed by atoms with Gasteiger partial charge >= 0.3 is 0 Å². The van der Waals surface area contributed by atoms with E-state index in [9.17, 15) is 9.90 Å². The van der Waals surface area contributed by atoms with Gasteiger partial charge in [-0.05, 0) is 52.3 Å². The molecule has 0 unspecified atom stereocenters. The Kier molecular flexibility index (Phi) is 4.06. The monoisotopic (exact) mass is 285 g/mol. The van der Waals surface area contributed by atoms with Gasteiger partial charge in [0.1, 0.15) is 0 Å². The molecule has 3 heteroatoms. The van der Waals surface area contributed by atoms with Crippen LogP contribution in [-0.2, 0) is 12.1 Å². The van der Waals surface area contributed by atoms with Gasteiger partial charge in [-0.25, -0.2) is 0 Å². The average molecular weight is 285 g/mol. The van der Waals surface area contributed by atoms with Gasteiger partial charge in [0.15, 0.2) is 0 Å². The highest BCUT2D eigenvalue weighted by Crippen LogP contribution is 2.25. The second-order valence-electron chi connectivity index (χ2n) is 6.06. The smallest absolute Gasteiger partial charge is 0.257 e. The molecule has 1 heterocycles. The lowest BCUT2D eigenvalue weighted by atomic mass is 9.97. The van der Waals surface area contributed by atoms with Gasteiger partial charge in [-0.2, -0.15) is 0 Å². The lowest BCUT2D eigenvalue weighted by Gasteiger charge is -2.21. The van der Waals surface area contributed by atoms with Crippen LogP contribution < -0.4 is 5.56 Å². The van der Waals surface area contributed by atoms with E-state index >= 15 is 0 Å². The SMILES string of the molecule is CCn1c(-c2ccc(C)cc2C)ccc(C(C)(C)O)c1=O. The minimum atomic E-state index is -1.13. The van der Waals surface area contributed by atoms with Crippen LogP contribution in [0.15, 0.2) is 35.1 Å². The van der Waals surface area contributed by atoms with E-state index in [1.165, 1.54) is 5.56 Å². The van der Waals surface area contributed by atoms with E-state index in [1.807, 2.05) is 13.0 Å². The lowest BCUT2D eigenvalue weighted by molar-refractivity contribution is 0.0765. The molecule has 21 heavy (non-hydrogen) atoms. The number of aryl methyl sites for hydroxylation is 2. The molecule has 3 nitrogen and oxygen atoms in total. The largest absolute Gasteiger partial charge is 0.386 e. The van der Waals surface area contributed by atoms with E-state index in [-0.39, 0.29) is 5.56 Å². The van der Waals surface area contributed by atoms with Crippen molar-refractivity contribution in [1.82, 2.24) is 4.57 Å². The first-order valence-corrected chi connectivity index (χ1v) is 7.30. The molecular weight excluding hydrogens is 262 g/mol. The van der Waals surface area contributed by atoms with Crippen LogP contribution in [0.2, 0.25) is 0 Å². The predicted molar refractivity (Wildman–Crippen MR) is 86.5 cm³/mol. The fourth-order valence-corrected chi connectivity index (χ4v) is 2.69. The Bertz CT molecular complexity index is 721. The van der Waals surface area contributed by atoms with E-state index < -0.39 is 5.60 Å². The number of hydrogen-bond donors (Lipinski definition) is 1. The number of nitrogens with zero attached hydrogens (tertiary/aromatic N) is 1. The molecule has 2 rings (SSSR count). The van der Waals surface area contributed by atoms with Crippen LogP contribution in [0.5, 0.6) is 0 Å². The van der Waals surface area contributed by atoms with Crippen molar-refractivity contribution in [1.29, 1.82) is 0 Å². The number of benzene rings is 1. The van der Waals surface area contributed by atoms with Crippen LogP contribution in [-0.4, -0.2) is 9.67 Å². The molecular formula is C18H23NO2. The van der Waals surface area contributed by atoms with Gasteiger partial charge in [0.25, 0.3) is 5.56 Å². The van der Waals surface area contributed by atoms with Gasteiger partial charge in [0, 0.05) is 17.7 Å². The highest BCUT2D eigenvalue weighted by atomic mass is 16.3.